The van der Waals surface area contributed by atoms with Crippen LogP contribution in [0, 0.1) is 11.8 Å². The maximum atomic E-state index is 12.3. The smallest absolute Gasteiger partial charge is 0.321 e. The molecule has 0 aromatic carbocycles. The number of piperazine rings is 1. The van der Waals surface area contributed by atoms with E-state index in [1.165, 1.54) is 16.7 Å². The largest absolute Gasteiger partial charge is 0.481 e. The van der Waals surface area contributed by atoms with Crippen molar-refractivity contribution in [3.05, 3.63) is 0 Å². The van der Waals surface area contributed by atoms with Gasteiger partial charge in [-0.05, 0) is 12.8 Å². The number of carboxylic acid groups (broad SMARTS) is 1. The number of nitrogens with one attached hydrogen (secondary N) is 1. The Bertz CT molecular complexity index is 478. The minimum absolute atomic E-state index is 0.106. The van der Waals surface area contributed by atoms with Crippen LogP contribution in [0.3, 0.4) is 0 Å². The van der Waals surface area contributed by atoms with Crippen LogP contribution in [0.5, 0.6) is 0 Å². The number of rotatable bonds is 1. The fraction of sp³-hybridized carbons (Fsp3) is 0.667. The molecule has 110 valence electrons. The Kier molecular flexibility index (Phi) is 3.65. The zero-order valence-corrected chi connectivity index (χ0v) is 11.3. The summed E-state index contributed by atoms with van der Waals surface area (Å²) >= 11 is 0. The van der Waals surface area contributed by atoms with Crippen LogP contribution in [0.15, 0.2) is 0 Å². The van der Waals surface area contributed by atoms with Crippen LogP contribution in [0.1, 0.15) is 13.8 Å². The average Bonchev–Trinajstić information content (AvgIpc) is 2.75. The summed E-state index contributed by atoms with van der Waals surface area (Å²) in [5.41, 5.74) is 0. The van der Waals surface area contributed by atoms with Gasteiger partial charge in [-0.3, -0.25) is 19.7 Å². The van der Waals surface area contributed by atoms with Crippen molar-refractivity contribution in [2.45, 2.75) is 19.9 Å². The number of hydrogen-bond acceptors (Lipinski definition) is 4. The van der Waals surface area contributed by atoms with Gasteiger partial charge in [-0.1, -0.05) is 6.92 Å². The number of carbonyl (C=O) groups excluding carboxylic acids is 3. The molecule has 0 saturated carbocycles. The predicted molar refractivity (Wildman–Crippen MR) is 66.6 cm³/mol. The van der Waals surface area contributed by atoms with E-state index in [1.54, 1.807) is 6.92 Å². The second-order valence-corrected chi connectivity index (χ2v) is 5.33. The fourth-order valence-electron chi connectivity index (χ4n) is 2.57. The molecular formula is C12H17N3O5. The highest BCUT2D eigenvalue weighted by molar-refractivity contribution is 6.03. The summed E-state index contributed by atoms with van der Waals surface area (Å²) in [5.74, 6) is -2.74. The lowest BCUT2D eigenvalue weighted by atomic mass is 9.99. The molecule has 2 fully saturated rings. The van der Waals surface area contributed by atoms with Gasteiger partial charge in [0.2, 0.25) is 11.8 Å². The Morgan fingerprint density at radius 3 is 2.45 bits per heavy atom. The molecule has 0 spiro atoms. The predicted octanol–water partition coefficient (Wildman–Crippen LogP) is -0.894. The highest BCUT2D eigenvalue weighted by Gasteiger charge is 2.41. The van der Waals surface area contributed by atoms with E-state index in [-0.39, 0.29) is 19.0 Å². The molecule has 0 aromatic rings. The molecule has 2 aliphatic heterocycles. The van der Waals surface area contributed by atoms with Crippen LogP contribution in [0.4, 0.5) is 4.79 Å². The quantitative estimate of drug-likeness (QED) is 0.607. The van der Waals surface area contributed by atoms with Crippen molar-refractivity contribution in [1.29, 1.82) is 0 Å². The lowest BCUT2D eigenvalue weighted by molar-refractivity contribution is -0.142. The molecule has 0 aliphatic carbocycles. The number of imide groups is 1. The number of urea groups is 1. The van der Waals surface area contributed by atoms with E-state index in [1.807, 2.05) is 0 Å². The third kappa shape index (κ3) is 2.45. The molecule has 2 saturated heterocycles. The first kappa shape index (κ1) is 14.3. The first-order valence-electron chi connectivity index (χ1n) is 6.43. The summed E-state index contributed by atoms with van der Waals surface area (Å²) in [7, 11) is 0. The summed E-state index contributed by atoms with van der Waals surface area (Å²) < 4.78 is 0. The number of aliphatic carboxylic acids is 1. The van der Waals surface area contributed by atoms with Gasteiger partial charge in [0.1, 0.15) is 12.6 Å². The first-order chi connectivity index (χ1) is 9.31. The van der Waals surface area contributed by atoms with E-state index in [0.717, 1.165) is 0 Å². The van der Waals surface area contributed by atoms with E-state index < -0.39 is 35.8 Å². The van der Waals surface area contributed by atoms with Crippen molar-refractivity contribution in [2.75, 3.05) is 19.6 Å². The normalized spacial score (nSPS) is 30.4. The molecule has 3 unspecified atom stereocenters. The number of carbonyl (C=O) groups is 4. The van der Waals surface area contributed by atoms with Crippen molar-refractivity contribution in [3.63, 3.8) is 0 Å². The van der Waals surface area contributed by atoms with Crippen molar-refractivity contribution in [2.24, 2.45) is 11.8 Å². The van der Waals surface area contributed by atoms with E-state index >= 15 is 0 Å². The van der Waals surface area contributed by atoms with E-state index in [0.29, 0.717) is 6.54 Å². The highest BCUT2D eigenvalue weighted by Crippen LogP contribution is 2.24. The van der Waals surface area contributed by atoms with Gasteiger partial charge in [0.25, 0.3) is 0 Å². The Balaban J connectivity index is 2.10. The molecule has 2 rings (SSSR count). The van der Waals surface area contributed by atoms with Crippen molar-refractivity contribution >= 4 is 23.8 Å². The molecule has 0 aromatic heterocycles. The van der Waals surface area contributed by atoms with Crippen LogP contribution in [-0.4, -0.2) is 64.4 Å². The maximum absolute atomic E-state index is 12.3. The standard InChI is InChI=1S/C12H17N3O5/c1-6-3-14(4-8(6)11(18)19)12(20)15-5-9(16)13-10(17)7(15)2/h6-8H,3-5H2,1-2H3,(H,18,19)(H,13,16,17). The first-order valence-corrected chi connectivity index (χ1v) is 6.43. The number of nitrogens with zero attached hydrogens (tertiary/aromatic N) is 2. The summed E-state index contributed by atoms with van der Waals surface area (Å²) in [5, 5.41) is 11.2. The van der Waals surface area contributed by atoms with Gasteiger partial charge in [-0.15, -0.1) is 0 Å². The number of likely N-dealkylation sites (tertiary alicyclic amines) is 1. The van der Waals surface area contributed by atoms with Crippen LogP contribution in [-0.2, 0) is 14.4 Å². The Labute approximate surface area is 115 Å². The molecule has 4 amide bonds. The summed E-state index contributed by atoms with van der Waals surface area (Å²) in [6, 6.07) is -1.20. The van der Waals surface area contributed by atoms with E-state index in [9.17, 15) is 19.2 Å². The van der Waals surface area contributed by atoms with E-state index in [4.69, 9.17) is 5.11 Å². The Morgan fingerprint density at radius 1 is 1.25 bits per heavy atom. The van der Waals surface area contributed by atoms with Crippen molar-refractivity contribution in [3.8, 4) is 0 Å². The van der Waals surface area contributed by atoms with Crippen LogP contribution in [0.2, 0.25) is 0 Å². The van der Waals surface area contributed by atoms with Gasteiger partial charge in [-0.25, -0.2) is 4.79 Å². The van der Waals surface area contributed by atoms with Gasteiger partial charge in [-0.2, -0.15) is 0 Å². The topological polar surface area (TPSA) is 107 Å². The van der Waals surface area contributed by atoms with Gasteiger partial charge in [0.15, 0.2) is 0 Å². The van der Waals surface area contributed by atoms with Gasteiger partial charge in [0.05, 0.1) is 5.92 Å². The average molecular weight is 283 g/mol. The molecular weight excluding hydrogens is 266 g/mol. The minimum atomic E-state index is -0.937. The number of amides is 4. The molecule has 20 heavy (non-hydrogen) atoms. The lowest BCUT2D eigenvalue weighted by Gasteiger charge is -2.34. The van der Waals surface area contributed by atoms with Gasteiger partial charge in [0, 0.05) is 13.1 Å². The number of carboxylic acids is 1. The molecule has 8 nitrogen and oxygen atoms in total. The summed E-state index contributed by atoms with van der Waals surface area (Å²) in [4.78, 5) is 48.9. The zero-order valence-electron chi connectivity index (χ0n) is 11.3. The third-order valence-electron chi connectivity index (χ3n) is 3.87. The van der Waals surface area contributed by atoms with Crippen molar-refractivity contribution in [1.82, 2.24) is 15.1 Å². The molecule has 2 aliphatic rings. The molecule has 0 bridgehead atoms. The third-order valence-corrected chi connectivity index (χ3v) is 3.87. The van der Waals surface area contributed by atoms with Crippen LogP contribution in [0.25, 0.3) is 0 Å². The van der Waals surface area contributed by atoms with E-state index in [2.05, 4.69) is 5.32 Å². The minimum Gasteiger partial charge on any atom is -0.481 e. The molecule has 2 heterocycles. The van der Waals surface area contributed by atoms with Crippen LogP contribution < -0.4 is 5.32 Å². The second-order valence-electron chi connectivity index (χ2n) is 5.33. The summed E-state index contributed by atoms with van der Waals surface area (Å²) in [6.45, 7) is 3.54. The second kappa shape index (κ2) is 5.10. The Hall–Kier alpha value is -2.12. The molecule has 8 heteroatoms. The Morgan fingerprint density at radius 2 is 1.90 bits per heavy atom. The van der Waals surface area contributed by atoms with Crippen molar-refractivity contribution < 1.29 is 24.3 Å². The summed E-state index contributed by atoms with van der Waals surface area (Å²) in [6.07, 6.45) is 0. The number of hydrogen-bond donors (Lipinski definition) is 2. The zero-order chi connectivity index (χ0) is 15.0. The monoisotopic (exact) mass is 283 g/mol. The van der Waals surface area contributed by atoms with Gasteiger partial charge < -0.3 is 14.9 Å². The SMILES string of the molecule is CC1CN(C(=O)N2CC(=O)NC(=O)C2C)CC1C(=O)O. The molecule has 3 atom stereocenters. The lowest BCUT2D eigenvalue weighted by Crippen LogP contribution is -2.60. The molecule has 0 radical (unpaired) electrons. The highest BCUT2D eigenvalue weighted by atomic mass is 16.4. The maximum Gasteiger partial charge on any atom is 0.321 e. The van der Waals surface area contributed by atoms with Crippen LogP contribution >= 0.6 is 0 Å². The van der Waals surface area contributed by atoms with Gasteiger partial charge >= 0.3 is 12.0 Å². The fourth-order valence-corrected chi connectivity index (χ4v) is 2.57. The molecule has 2 N–H and O–H groups in total.